The Morgan fingerprint density at radius 1 is 0.394 bits per heavy atom. The van der Waals surface area contributed by atoms with E-state index in [0.717, 1.165) is 0 Å². The van der Waals surface area contributed by atoms with Gasteiger partial charge in [-0.15, -0.1) is 68.0 Å². The molecule has 2 aromatic carbocycles. The molecule has 8 rings (SSSR count). The summed E-state index contributed by atoms with van der Waals surface area (Å²) < 4.78 is 12.0. The highest BCUT2D eigenvalue weighted by molar-refractivity contribution is 9.11. The maximum absolute atomic E-state index is 3.61. The van der Waals surface area contributed by atoms with Crippen LogP contribution in [0.5, 0.6) is 0 Å². The molecule has 0 unspecified atom stereocenters. The van der Waals surface area contributed by atoms with Gasteiger partial charge in [0, 0.05) is 60.5 Å². The SMILES string of the molecule is Brc1cc2c(s1)c1cc(Br)sc1c1cc(Br)sc21.c1cc2c(s1)c1ccsc1c1ccsc21. The number of halogens is 3. The molecule has 0 amide bonds. The summed E-state index contributed by atoms with van der Waals surface area (Å²) in [5.41, 5.74) is 0. The number of thiophene rings is 6. The molecule has 0 N–H and O–H groups in total. The Balaban J connectivity index is 0.000000117. The second-order valence-corrected chi connectivity index (χ2v) is 17.4. The summed E-state index contributed by atoms with van der Waals surface area (Å²) in [5, 5.41) is 14.9. The quantitative estimate of drug-likeness (QED) is 0.146. The van der Waals surface area contributed by atoms with Crippen LogP contribution in [0.2, 0.25) is 0 Å². The Morgan fingerprint density at radius 3 is 1.00 bits per heavy atom. The third-order valence-corrected chi connectivity index (χ3v) is 13.4. The van der Waals surface area contributed by atoms with Crippen molar-refractivity contribution in [3.05, 3.63) is 63.9 Å². The van der Waals surface area contributed by atoms with Gasteiger partial charge >= 0.3 is 0 Å². The van der Waals surface area contributed by atoms with Crippen LogP contribution in [-0.4, -0.2) is 0 Å². The van der Waals surface area contributed by atoms with Gasteiger partial charge < -0.3 is 0 Å². The zero-order valence-corrected chi connectivity index (χ0v) is 25.9. The molecule has 6 aromatic heterocycles. The van der Waals surface area contributed by atoms with Crippen LogP contribution in [0, 0.1) is 0 Å². The van der Waals surface area contributed by atoms with Gasteiger partial charge in [-0.05, 0) is 100 Å². The van der Waals surface area contributed by atoms with Crippen LogP contribution in [0.4, 0.5) is 0 Å². The molecule has 0 saturated heterocycles. The fourth-order valence-electron chi connectivity index (χ4n) is 4.28. The molecule has 0 spiro atoms. The minimum absolute atomic E-state index is 1.19. The van der Waals surface area contributed by atoms with Crippen molar-refractivity contribution in [3.8, 4) is 0 Å². The van der Waals surface area contributed by atoms with Crippen molar-refractivity contribution in [3.63, 3.8) is 0 Å². The summed E-state index contributed by atoms with van der Waals surface area (Å²) in [7, 11) is 0. The Hall–Kier alpha value is -0.360. The molecule has 0 atom stereocenters. The molecular weight excluding hydrogens is 720 g/mol. The number of rotatable bonds is 0. The molecule has 0 aliphatic heterocycles. The molecule has 0 aliphatic carbocycles. The predicted molar refractivity (Wildman–Crippen MR) is 168 cm³/mol. The first kappa shape index (κ1) is 21.9. The van der Waals surface area contributed by atoms with Gasteiger partial charge in [-0.3, -0.25) is 0 Å². The summed E-state index contributed by atoms with van der Waals surface area (Å²) in [4.78, 5) is 0. The van der Waals surface area contributed by atoms with E-state index in [9.17, 15) is 0 Å². The van der Waals surface area contributed by atoms with Gasteiger partial charge in [0.25, 0.3) is 0 Å². The van der Waals surface area contributed by atoms with Crippen LogP contribution in [0.15, 0.2) is 63.9 Å². The van der Waals surface area contributed by atoms with Gasteiger partial charge in [0.2, 0.25) is 0 Å². The zero-order valence-electron chi connectivity index (χ0n) is 16.3. The van der Waals surface area contributed by atoms with E-state index in [1.807, 2.05) is 68.0 Å². The average Bonchev–Trinajstić information content (AvgIpc) is 3.56. The molecule has 0 nitrogen and oxygen atoms in total. The van der Waals surface area contributed by atoms with Crippen molar-refractivity contribution >= 4 is 176 Å². The Labute approximate surface area is 237 Å². The van der Waals surface area contributed by atoms with Crippen molar-refractivity contribution in [2.45, 2.75) is 0 Å². The molecule has 0 aliphatic rings. The fraction of sp³-hybridized carbons (Fsp3) is 0. The topological polar surface area (TPSA) is 0 Å². The number of hydrogen-bond acceptors (Lipinski definition) is 6. The van der Waals surface area contributed by atoms with E-state index in [-0.39, 0.29) is 0 Å². The highest BCUT2D eigenvalue weighted by Crippen LogP contribution is 2.48. The Morgan fingerprint density at radius 2 is 0.697 bits per heavy atom. The van der Waals surface area contributed by atoms with Gasteiger partial charge in [0.05, 0.1) is 11.4 Å². The van der Waals surface area contributed by atoms with Crippen molar-refractivity contribution in [2.24, 2.45) is 0 Å². The maximum atomic E-state index is 3.61. The number of fused-ring (bicyclic) bond motifs is 12. The van der Waals surface area contributed by atoms with Gasteiger partial charge in [-0.1, -0.05) is 0 Å². The molecule has 9 heteroatoms. The van der Waals surface area contributed by atoms with Crippen LogP contribution in [0.1, 0.15) is 0 Å². The molecule has 0 bridgehead atoms. The normalized spacial score (nSPS) is 12.1. The van der Waals surface area contributed by atoms with Gasteiger partial charge in [-0.25, -0.2) is 0 Å². The second-order valence-electron chi connectivity index (χ2n) is 7.37. The molecule has 8 aromatic rings. The summed E-state index contributed by atoms with van der Waals surface area (Å²) in [6.07, 6.45) is 0. The minimum atomic E-state index is 1.19. The third-order valence-electron chi connectivity index (χ3n) is 5.57. The van der Waals surface area contributed by atoms with Crippen molar-refractivity contribution < 1.29 is 0 Å². The van der Waals surface area contributed by atoms with Crippen LogP contribution < -0.4 is 0 Å². The first-order chi connectivity index (χ1) is 16.1. The van der Waals surface area contributed by atoms with E-state index in [0.29, 0.717) is 0 Å². The zero-order chi connectivity index (χ0) is 22.3. The van der Waals surface area contributed by atoms with Crippen LogP contribution >= 0.6 is 116 Å². The van der Waals surface area contributed by atoms with Crippen molar-refractivity contribution in [1.82, 2.24) is 0 Å². The van der Waals surface area contributed by atoms with Crippen LogP contribution in [0.25, 0.3) is 60.5 Å². The van der Waals surface area contributed by atoms with Crippen molar-refractivity contribution in [2.75, 3.05) is 0 Å². The first-order valence-corrected chi connectivity index (χ1v) is 17.2. The minimum Gasteiger partial charge on any atom is -0.143 e. The second kappa shape index (κ2) is 8.35. The number of hydrogen-bond donors (Lipinski definition) is 0. The smallest absolute Gasteiger partial charge is 0.0711 e. The summed E-state index contributed by atoms with van der Waals surface area (Å²) >= 11 is 21.8. The summed E-state index contributed by atoms with van der Waals surface area (Å²) in [6.45, 7) is 0. The van der Waals surface area contributed by atoms with E-state index in [2.05, 4.69) is 100 Å². The van der Waals surface area contributed by atoms with Gasteiger partial charge in [0.1, 0.15) is 0 Å². The van der Waals surface area contributed by atoms with E-state index in [4.69, 9.17) is 0 Å². The maximum Gasteiger partial charge on any atom is 0.0711 e. The summed E-state index contributed by atoms with van der Waals surface area (Å²) in [5.74, 6) is 0. The first-order valence-electron chi connectivity index (χ1n) is 9.71. The van der Waals surface area contributed by atoms with Crippen LogP contribution in [-0.2, 0) is 0 Å². The van der Waals surface area contributed by atoms with Gasteiger partial charge in [0.15, 0.2) is 0 Å². The monoisotopic (exact) mass is 726 g/mol. The average molecular weight is 729 g/mol. The Kier molecular flexibility index (Phi) is 5.54. The highest BCUT2D eigenvalue weighted by Gasteiger charge is 2.16. The van der Waals surface area contributed by atoms with E-state index >= 15 is 0 Å². The molecular formula is C24H9Br3S6. The van der Waals surface area contributed by atoms with E-state index < -0.39 is 0 Å². The molecule has 162 valence electrons. The standard InChI is InChI=1S/C12H3Br3S3.C12H6S3/c13-7-1-4-10(16-7)5-2-9(15)18-12(5)6-3-8(14)17-11(4)6;1-4-13-10-7(1)11-9(2-5-14-11)12-8(10)3-6-15-12/h1-3H;1-6H. The summed E-state index contributed by atoms with van der Waals surface area (Å²) in [6, 6.07) is 13.4. The predicted octanol–water partition coefficient (Wildman–Crippen LogP) is 12.9. The van der Waals surface area contributed by atoms with Crippen LogP contribution in [0.3, 0.4) is 0 Å². The van der Waals surface area contributed by atoms with E-state index in [1.54, 1.807) is 0 Å². The fourth-order valence-corrected chi connectivity index (χ4v) is 12.4. The lowest BCUT2D eigenvalue weighted by Gasteiger charge is -1.96. The molecule has 0 radical (unpaired) electrons. The lowest BCUT2D eigenvalue weighted by Crippen LogP contribution is -1.67. The third kappa shape index (κ3) is 3.46. The lowest BCUT2D eigenvalue weighted by molar-refractivity contribution is 2.06. The number of benzene rings is 2. The molecule has 33 heavy (non-hydrogen) atoms. The molecule has 0 saturated carbocycles. The van der Waals surface area contributed by atoms with Gasteiger partial charge in [-0.2, -0.15) is 0 Å². The molecule has 0 fully saturated rings. The lowest BCUT2D eigenvalue weighted by atomic mass is 10.1. The molecule has 6 heterocycles. The van der Waals surface area contributed by atoms with Crippen molar-refractivity contribution in [1.29, 1.82) is 0 Å². The largest absolute Gasteiger partial charge is 0.143 e. The Bertz CT molecular complexity index is 1560. The van der Waals surface area contributed by atoms with E-state index in [1.165, 1.54) is 71.9 Å². The highest BCUT2D eigenvalue weighted by atomic mass is 79.9.